The lowest BCUT2D eigenvalue weighted by Crippen LogP contribution is -1.91. The summed E-state index contributed by atoms with van der Waals surface area (Å²) >= 11 is 0. The monoisotopic (exact) mass is 598 g/mol. The molecule has 0 unspecified atom stereocenters. The van der Waals surface area contributed by atoms with Gasteiger partial charge in [-0.3, -0.25) is 0 Å². The normalized spacial score (nSPS) is 11.2. The Labute approximate surface area is 273 Å². The molecule has 0 saturated heterocycles. The molecular formula is C45H42O. The van der Waals surface area contributed by atoms with Gasteiger partial charge in [-0.15, -0.1) is 0 Å². The van der Waals surface area contributed by atoms with E-state index in [1.165, 1.54) is 65.3 Å². The van der Waals surface area contributed by atoms with Crippen LogP contribution in [-0.4, -0.2) is 5.11 Å². The third-order valence-corrected chi connectivity index (χ3v) is 8.86. The zero-order chi connectivity index (χ0) is 32.0. The van der Waals surface area contributed by atoms with Crippen LogP contribution in [0.2, 0.25) is 0 Å². The number of phenols is 1. The van der Waals surface area contributed by atoms with Crippen LogP contribution in [0.4, 0.5) is 0 Å². The second-order valence-electron chi connectivity index (χ2n) is 12.7. The molecule has 0 atom stereocenters. The predicted octanol–water partition coefficient (Wildman–Crippen LogP) is 12.7. The molecule has 228 valence electrons. The summed E-state index contributed by atoms with van der Waals surface area (Å²) in [5, 5.41) is 19.9. The molecule has 0 aromatic heterocycles. The van der Waals surface area contributed by atoms with Gasteiger partial charge in [0.25, 0.3) is 0 Å². The summed E-state index contributed by atoms with van der Waals surface area (Å²) < 4.78 is 0. The number of hydrogen-bond acceptors (Lipinski definition) is 1. The SMILES string of the molecule is CC(C)c1ccc(O)cc1.CC(C)c1ccc2ccc3cccc4ccc1c2c34.c1ccc(Cc2cccc3ccccc23)cc1. The number of rotatable bonds is 4. The van der Waals surface area contributed by atoms with Gasteiger partial charge in [-0.1, -0.05) is 167 Å². The quantitative estimate of drug-likeness (QED) is 0.200. The van der Waals surface area contributed by atoms with Gasteiger partial charge in [0.1, 0.15) is 5.75 Å². The van der Waals surface area contributed by atoms with Crippen molar-refractivity contribution in [3.63, 3.8) is 0 Å². The second-order valence-corrected chi connectivity index (χ2v) is 12.7. The van der Waals surface area contributed by atoms with Crippen molar-refractivity contribution < 1.29 is 5.11 Å². The van der Waals surface area contributed by atoms with E-state index in [1.807, 2.05) is 12.1 Å². The molecule has 0 amide bonds. The smallest absolute Gasteiger partial charge is 0.115 e. The van der Waals surface area contributed by atoms with Crippen molar-refractivity contribution >= 4 is 43.1 Å². The summed E-state index contributed by atoms with van der Waals surface area (Å²) in [6, 6.07) is 53.2. The van der Waals surface area contributed by atoms with Crippen LogP contribution in [0.15, 0.2) is 152 Å². The summed E-state index contributed by atoms with van der Waals surface area (Å²) in [4.78, 5) is 0. The maximum absolute atomic E-state index is 8.94. The minimum Gasteiger partial charge on any atom is -0.508 e. The van der Waals surface area contributed by atoms with Crippen LogP contribution in [-0.2, 0) is 6.42 Å². The van der Waals surface area contributed by atoms with Crippen LogP contribution in [0.1, 0.15) is 61.8 Å². The van der Waals surface area contributed by atoms with Gasteiger partial charge in [0.15, 0.2) is 0 Å². The molecular weight excluding hydrogens is 556 g/mol. The van der Waals surface area contributed by atoms with E-state index < -0.39 is 0 Å². The highest BCUT2D eigenvalue weighted by atomic mass is 16.3. The van der Waals surface area contributed by atoms with E-state index in [-0.39, 0.29) is 0 Å². The number of aromatic hydroxyl groups is 1. The van der Waals surface area contributed by atoms with Crippen molar-refractivity contribution in [1.82, 2.24) is 0 Å². The van der Waals surface area contributed by atoms with Crippen LogP contribution >= 0.6 is 0 Å². The van der Waals surface area contributed by atoms with E-state index >= 15 is 0 Å². The second kappa shape index (κ2) is 13.9. The van der Waals surface area contributed by atoms with Crippen LogP contribution in [0.3, 0.4) is 0 Å². The van der Waals surface area contributed by atoms with Crippen LogP contribution in [0.25, 0.3) is 43.1 Å². The van der Waals surface area contributed by atoms with Crippen LogP contribution < -0.4 is 0 Å². The van der Waals surface area contributed by atoms with Gasteiger partial charge in [-0.25, -0.2) is 0 Å². The van der Waals surface area contributed by atoms with E-state index in [2.05, 4.69) is 155 Å². The van der Waals surface area contributed by atoms with Gasteiger partial charge in [-0.2, -0.15) is 0 Å². The van der Waals surface area contributed by atoms with Gasteiger partial charge >= 0.3 is 0 Å². The van der Waals surface area contributed by atoms with Crippen molar-refractivity contribution in [3.05, 3.63) is 174 Å². The maximum atomic E-state index is 8.94. The molecule has 1 heteroatoms. The van der Waals surface area contributed by atoms with Gasteiger partial charge in [0.05, 0.1) is 0 Å². The molecule has 46 heavy (non-hydrogen) atoms. The Kier molecular flexibility index (Phi) is 9.31. The minimum absolute atomic E-state index is 0.337. The Morgan fingerprint density at radius 3 is 1.70 bits per heavy atom. The summed E-state index contributed by atoms with van der Waals surface area (Å²) in [7, 11) is 0. The first-order valence-corrected chi connectivity index (χ1v) is 16.3. The lowest BCUT2D eigenvalue weighted by atomic mass is 9.89. The van der Waals surface area contributed by atoms with Crippen molar-refractivity contribution in [2.45, 2.75) is 46.0 Å². The maximum Gasteiger partial charge on any atom is 0.115 e. The molecule has 0 heterocycles. The fourth-order valence-corrected chi connectivity index (χ4v) is 6.38. The van der Waals surface area contributed by atoms with Crippen molar-refractivity contribution in [2.75, 3.05) is 0 Å². The summed E-state index contributed by atoms with van der Waals surface area (Å²) in [5.74, 6) is 1.44. The fourth-order valence-electron chi connectivity index (χ4n) is 6.38. The molecule has 0 aliphatic rings. The molecule has 0 fully saturated rings. The van der Waals surface area contributed by atoms with Gasteiger partial charge in [-0.05, 0) is 95.7 Å². The average molecular weight is 599 g/mol. The highest BCUT2D eigenvalue weighted by molar-refractivity contribution is 6.23. The van der Waals surface area contributed by atoms with Gasteiger partial charge in [0.2, 0.25) is 0 Å². The standard InChI is InChI=1S/C19H16.C17H14.C9H12O/c1-12(2)16-10-8-15-7-6-13-4-3-5-14-9-11-17(16)19(15)18(13)14;1-2-7-14(8-3-1)13-16-11-6-10-15-9-4-5-12-17(15)16;1-7(2)8-3-5-9(10)6-4-8/h3-12H,1-2H3;1-12H,13H2;3-7,10H,1-2H3. The summed E-state index contributed by atoms with van der Waals surface area (Å²) in [6.07, 6.45) is 1.00. The zero-order valence-electron chi connectivity index (χ0n) is 27.2. The molecule has 0 radical (unpaired) electrons. The molecule has 0 aliphatic carbocycles. The predicted molar refractivity (Wildman–Crippen MR) is 200 cm³/mol. The molecule has 8 aromatic rings. The molecule has 1 nitrogen and oxygen atoms in total. The van der Waals surface area contributed by atoms with Crippen molar-refractivity contribution in [3.8, 4) is 5.75 Å². The highest BCUT2D eigenvalue weighted by Crippen LogP contribution is 2.37. The summed E-state index contributed by atoms with van der Waals surface area (Å²) in [5.41, 5.74) is 5.47. The number of benzene rings is 8. The molecule has 8 aromatic carbocycles. The lowest BCUT2D eigenvalue weighted by Gasteiger charge is -2.15. The van der Waals surface area contributed by atoms with E-state index in [4.69, 9.17) is 5.11 Å². The molecule has 0 aliphatic heterocycles. The first-order valence-electron chi connectivity index (χ1n) is 16.3. The van der Waals surface area contributed by atoms with E-state index in [0.29, 0.717) is 17.6 Å². The molecule has 0 saturated carbocycles. The Bertz CT molecular complexity index is 2150. The minimum atomic E-state index is 0.337. The Morgan fingerprint density at radius 2 is 1.00 bits per heavy atom. The van der Waals surface area contributed by atoms with Crippen molar-refractivity contribution in [2.24, 2.45) is 0 Å². The molecule has 0 bridgehead atoms. The van der Waals surface area contributed by atoms with Gasteiger partial charge in [0, 0.05) is 0 Å². The Balaban J connectivity index is 0.000000127. The highest BCUT2D eigenvalue weighted by Gasteiger charge is 2.12. The average Bonchev–Trinajstić information content (AvgIpc) is 3.08. The van der Waals surface area contributed by atoms with E-state index in [9.17, 15) is 0 Å². The zero-order valence-corrected chi connectivity index (χ0v) is 27.2. The molecule has 8 rings (SSSR count). The Hall–Kier alpha value is -5.14. The fraction of sp³-hybridized carbons (Fsp3) is 0.156. The van der Waals surface area contributed by atoms with E-state index in [1.54, 1.807) is 12.1 Å². The third-order valence-electron chi connectivity index (χ3n) is 8.86. The largest absolute Gasteiger partial charge is 0.508 e. The number of fused-ring (bicyclic) bond motifs is 1. The summed E-state index contributed by atoms with van der Waals surface area (Å²) in [6.45, 7) is 8.80. The number of hydrogen-bond donors (Lipinski definition) is 1. The third kappa shape index (κ3) is 6.75. The van der Waals surface area contributed by atoms with E-state index in [0.717, 1.165) is 6.42 Å². The van der Waals surface area contributed by atoms with Crippen LogP contribution in [0, 0.1) is 0 Å². The molecule has 0 spiro atoms. The first-order chi connectivity index (χ1) is 22.4. The molecule has 1 N–H and O–H groups in total. The van der Waals surface area contributed by atoms with Crippen molar-refractivity contribution in [1.29, 1.82) is 0 Å². The van der Waals surface area contributed by atoms with Crippen LogP contribution in [0.5, 0.6) is 5.75 Å². The topological polar surface area (TPSA) is 20.2 Å². The first kappa shape index (κ1) is 30.9. The Morgan fingerprint density at radius 1 is 0.435 bits per heavy atom. The lowest BCUT2D eigenvalue weighted by molar-refractivity contribution is 0.475. The van der Waals surface area contributed by atoms with Gasteiger partial charge < -0.3 is 5.11 Å². The number of phenolic OH excluding ortho intramolecular Hbond substituents is 1.